The van der Waals surface area contributed by atoms with Gasteiger partial charge in [0.1, 0.15) is 5.65 Å². The Balaban J connectivity index is 1.75. The van der Waals surface area contributed by atoms with Crippen LogP contribution in [0.2, 0.25) is 0 Å². The number of halogens is 1. The summed E-state index contributed by atoms with van der Waals surface area (Å²) in [4.78, 5) is 16.1. The van der Waals surface area contributed by atoms with E-state index in [1.807, 2.05) is 26.2 Å². The molecule has 134 valence electrons. The van der Waals surface area contributed by atoms with Gasteiger partial charge in [0, 0.05) is 60.1 Å². The Morgan fingerprint density at radius 2 is 2.19 bits per heavy atom. The standard InChI is InChI=1S/C18H19FN6O/c1-10(9-26-3)23-18-22-7-14-13(6-20-16(14)24-18)12-4-15(19)17-21-5-11(2)25(17)8-12/h4-8,10H,9H2,1-3H3,(H2,20,22,23,24)/t10-/m0/s1. The number of imidazole rings is 1. The quantitative estimate of drug-likeness (QED) is 0.575. The van der Waals surface area contributed by atoms with Crippen molar-refractivity contribution >= 4 is 22.6 Å². The fourth-order valence-corrected chi connectivity index (χ4v) is 3.04. The lowest BCUT2D eigenvalue weighted by Gasteiger charge is -2.12. The molecule has 7 nitrogen and oxygen atoms in total. The zero-order valence-electron chi connectivity index (χ0n) is 14.7. The molecule has 26 heavy (non-hydrogen) atoms. The second kappa shape index (κ2) is 6.38. The molecule has 4 rings (SSSR count). The summed E-state index contributed by atoms with van der Waals surface area (Å²) in [6.07, 6.45) is 7.07. The van der Waals surface area contributed by atoms with Crippen LogP contribution in [0.15, 0.2) is 30.9 Å². The van der Waals surface area contributed by atoms with Crippen LogP contribution in [0.4, 0.5) is 10.3 Å². The van der Waals surface area contributed by atoms with E-state index >= 15 is 0 Å². The van der Waals surface area contributed by atoms with Crippen LogP contribution in [0.1, 0.15) is 12.6 Å². The second-order valence-corrected chi connectivity index (χ2v) is 6.33. The molecule has 0 unspecified atom stereocenters. The van der Waals surface area contributed by atoms with Crippen LogP contribution in [0.5, 0.6) is 0 Å². The lowest BCUT2D eigenvalue weighted by molar-refractivity contribution is 0.190. The summed E-state index contributed by atoms with van der Waals surface area (Å²) in [5.74, 6) is 0.153. The maximum absolute atomic E-state index is 14.4. The molecule has 0 aliphatic carbocycles. The number of nitrogens with one attached hydrogen (secondary N) is 2. The van der Waals surface area contributed by atoms with E-state index in [1.165, 1.54) is 6.07 Å². The van der Waals surface area contributed by atoms with Gasteiger partial charge in [0.25, 0.3) is 0 Å². The molecule has 0 spiro atoms. The second-order valence-electron chi connectivity index (χ2n) is 6.33. The molecule has 0 aliphatic heterocycles. The molecule has 4 aromatic heterocycles. The van der Waals surface area contributed by atoms with Crippen LogP contribution >= 0.6 is 0 Å². The van der Waals surface area contributed by atoms with Gasteiger partial charge in [-0.1, -0.05) is 0 Å². The highest BCUT2D eigenvalue weighted by molar-refractivity contribution is 5.93. The maximum atomic E-state index is 14.4. The molecule has 0 saturated carbocycles. The lowest BCUT2D eigenvalue weighted by atomic mass is 10.1. The number of aryl methyl sites for hydroxylation is 1. The number of aromatic amines is 1. The summed E-state index contributed by atoms with van der Waals surface area (Å²) in [6.45, 7) is 4.43. The van der Waals surface area contributed by atoms with Crippen LogP contribution in [0, 0.1) is 12.7 Å². The lowest BCUT2D eigenvalue weighted by Crippen LogP contribution is -2.22. The Hall–Kier alpha value is -3.00. The van der Waals surface area contributed by atoms with Gasteiger partial charge in [0.2, 0.25) is 5.95 Å². The Morgan fingerprint density at radius 1 is 1.35 bits per heavy atom. The average molecular weight is 354 g/mol. The van der Waals surface area contributed by atoms with Crippen LogP contribution in [0.3, 0.4) is 0 Å². The van der Waals surface area contributed by atoms with E-state index in [0.717, 1.165) is 22.2 Å². The minimum Gasteiger partial charge on any atom is -0.383 e. The molecule has 4 heterocycles. The first-order valence-electron chi connectivity index (χ1n) is 8.30. The number of nitrogens with zero attached hydrogens (tertiary/aromatic N) is 4. The molecular formula is C18H19FN6O. The molecule has 4 aromatic rings. The molecule has 0 amide bonds. The number of aromatic nitrogens is 5. The van der Waals surface area contributed by atoms with Gasteiger partial charge in [0.05, 0.1) is 6.61 Å². The number of hydrogen-bond donors (Lipinski definition) is 2. The molecule has 0 saturated heterocycles. The maximum Gasteiger partial charge on any atom is 0.224 e. The topological polar surface area (TPSA) is 80.1 Å². The monoisotopic (exact) mass is 354 g/mol. The van der Waals surface area contributed by atoms with Crippen LogP contribution in [0.25, 0.3) is 27.8 Å². The Bertz CT molecular complexity index is 1090. The van der Waals surface area contributed by atoms with Gasteiger partial charge in [-0.25, -0.2) is 14.4 Å². The predicted octanol–water partition coefficient (Wildman–Crippen LogP) is 3.17. The van der Waals surface area contributed by atoms with Crippen molar-refractivity contribution in [2.45, 2.75) is 19.9 Å². The fourth-order valence-electron chi connectivity index (χ4n) is 3.04. The fraction of sp³-hybridized carbons (Fsp3) is 0.278. The van der Waals surface area contributed by atoms with Crippen molar-refractivity contribution in [3.8, 4) is 11.1 Å². The van der Waals surface area contributed by atoms with Gasteiger partial charge >= 0.3 is 0 Å². The highest BCUT2D eigenvalue weighted by Crippen LogP contribution is 2.29. The van der Waals surface area contributed by atoms with Crippen molar-refractivity contribution in [2.24, 2.45) is 0 Å². The van der Waals surface area contributed by atoms with Crippen molar-refractivity contribution in [3.63, 3.8) is 0 Å². The highest BCUT2D eigenvalue weighted by atomic mass is 19.1. The summed E-state index contributed by atoms with van der Waals surface area (Å²) in [6, 6.07) is 1.57. The van der Waals surface area contributed by atoms with Crippen molar-refractivity contribution in [3.05, 3.63) is 42.4 Å². The largest absolute Gasteiger partial charge is 0.383 e. The molecule has 0 fully saturated rings. The molecule has 2 N–H and O–H groups in total. The number of fused-ring (bicyclic) bond motifs is 2. The summed E-state index contributed by atoms with van der Waals surface area (Å²) in [7, 11) is 1.65. The number of H-pyrrole nitrogens is 1. The van der Waals surface area contributed by atoms with Crippen LogP contribution in [-0.2, 0) is 4.74 Å². The number of ether oxygens (including phenoxy) is 1. The summed E-state index contributed by atoms with van der Waals surface area (Å²) >= 11 is 0. The molecule has 0 aliphatic rings. The zero-order valence-corrected chi connectivity index (χ0v) is 14.7. The number of hydrogen-bond acceptors (Lipinski definition) is 5. The molecule has 0 bridgehead atoms. The normalized spacial score (nSPS) is 12.8. The van der Waals surface area contributed by atoms with Crippen LogP contribution in [-0.4, -0.2) is 44.1 Å². The first kappa shape index (κ1) is 16.5. The smallest absolute Gasteiger partial charge is 0.224 e. The summed E-state index contributed by atoms with van der Waals surface area (Å²) in [5.41, 5.74) is 3.45. The van der Waals surface area contributed by atoms with E-state index in [0.29, 0.717) is 23.8 Å². The van der Waals surface area contributed by atoms with E-state index < -0.39 is 0 Å². The first-order valence-corrected chi connectivity index (χ1v) is 8.30. The third kappa shape index (κ3) is 2.78. The first-order chi connectivity index (χ1) is 12.6. The highest BCUT2D eigenvalue weighted by Gasteiger charge is 2.14. The van der Waals surface area contributed by atoms with Gasteiger partial charge in [-0.3, -0.25) is 0 Å². The van der Waals surface area contributed by atoms with E-state index in [2.05, 4.69) is 25.3 Å². The van der Waals surface area contributed by atoms with E-state index in [1.54, 1.807) is 23.9 Å². The van der Waals surface area contributed by atoms with Crippen molar-refractivity contribution < 1.29 is 9.13 Å². The Labute approximate surface area is 149 Å². The number of rotatable bonds is 5. The van der Waals surface area contributed by atoms with E-state index in [-0.39, 0.29) is 11.9 Å². The third-order valence-corrected chi connectivity index (χ3v) is 4.28. The van der Waals surface area contributed by atoms with Crippen molar-refractivity contribution in [2.75, 3.05) is 19.0 Å². The average Bonchev–Trinajstić information content (AvgIpc) is 3.19. The Morgan fingerprint density at radius 3 is 3.00 bits per heavy atom. The van der Waals surface area contributed by atoms with Crippen molar-refractivity contribution in [1.82, 2.24) is 24.3 Å². The minimum absolute atomic E-state index is 0.0904. The molecule has 0 aromatic carbocycles. The third-order valence-electron chi connectivity index (χ3n) is 4.28. The predicted molar refractivity (Wildman–Crippen MR) is 97.7 cm³/mol. The van der Waals surface area contributed by atoms with E-state index in [4.69, 9.17) is 4.74 Å². The van der Waals surface area contributed by atoms with Crippen molar-refractivity contribution in [1.29, 1.82) is 0 Å². The molecule has 8 heteroatoms. The minimum atomic E-state index is -0.363. The van der Waals surface area contributed by atoms with Gasteiger partial charge in [-0.2, -0.15) is 4.98 Å². The summed E-state index contributed by atoms with van der Waals surface area (Å²) < 4.78 is 21.2. The van der Waals surface area contributed by atoms with Gasteiger partial charge < -0.3 is 19.4 Å². The molecular weight excluding hydrogens is 335 g/mol. The zero-order chi connectivity index (χ0) is 18.3. The van der Waals surface area contributed by atoms with Crippen LogP contribution < -0.4 is 5.32 Å². The van der Waals surface area contributed by atoms with Gasteiger partial charge in [0.15, 0.2) is 11.5 Å². The molecule has 1 atom stereocenters. The van der Waals surface area contributed by atoms with E-state index in [9.17, 15) is 4.39 Å². The number of anilines is 1. The SMILES string of the molecule is COC[C@H](C)Nc1ncc2c(-c3cc(F)c4ncc(C)n4c3)c[nH]c2n1. The Kier molecular flexibility index (Phi) is 4.04. The molecule has 0 radical (unpaired) electrons. The summed E-state index contributed by atoms with van der Waals surface area (Å²) in [5, 5.41) is 4.01. The number of methoxy groups -OCH3 is 1. The van der Waals surface area contributed by atoms with Gasteiger partial charge in [-0.05, 0) is 19.9 Å². The van der Waals surface area contributed by atoms with Gasteiger partial charge in [-0.15, -0.1) is 0 Å². The number of pyridine rings is 1.